The lowest BCUT2D eigenvalue weighted by Crippen LogP contribution is -2.19. The third-order valence-corrected chi connectivity index (χ3v) is 2.39. The van der Waals surface area contributed by atoms with Crippen molar-refractivity contribution in [1.82, 2.24) is 4.98 Å². The summed E-state index contributed by atoms with van der Waals surface area (Å²) in [5.41, 5.74) is 0.291. The first-order valence-corrected chi connectivity index (χ1v) is 5.35. The zero-order chi connectivity index (χ0) is 12.1. The fourth-order valence-electron chi connectivity index (χ4n) is 1.22. The Hall–Kier alpha value is -1.11. The smallest absolute Gasteiger partial charge is 0.354 e. The van der Waals surface area contributed by atoms with Gasteiger partial charge in [0.2, 0.25) is 0 Å². The number of pyridine rings is 1. The number of aromatic nitrogens is 1. The molecule has 0 aliphatic heterocycles. The quantitative estimate of drug-likeness (QED) is 0.565. The number of carboxylic acid groups (broad SMARTS) is 1. The molecule has 5 nitrogen and oxygen atoms in total. The van der Waals surface area contributed by atoms with Gasteiger partial charge in [-0.15, -0.1) is 0 Å². The van der Waals surface area contributed by atoms with Crippen molar-refractivity contribution < 1.29 is 20.1 Å². The van der Waals surface area contributed by atoms with Gasteiger partial charge in [0.1, 0.15) is 11.8 Å². The summed E-state index contributed by atoms with van der Waals surface area (Å²) >= 11 is 3.95. The number of hydrogen-bond donors (Lipinski definition) is 4. The van der Waals surface area contributed by atoms with Crippen molar-refractivity contribution >= 4 is 18.6 Å². The minimum Gasteiger partial charge on any atom is -0.477 e. The molecule has 0 saturated carbocycles. The average Bonchev–Trinajstić information content (AvgIpc) is 2.28. The lowest BCUT2D eigenvalue weighted by atomic mass is 10.0. The predicted molar refractivity (Wildman–Crippen MR) is 60.6 cm³/mol. The molecule has 2 atom stereocenters. The standard InChI is InChI=1S/C10H13NO4S/c12-8(3-4-16)9(13)6-1-2-7(10(14)15)11-5-6/h1-2,5,8-9,12-13,16H,3-4H2,(H,14,15). The van der Waals surface area contributed by atoms with Gasteiger partial charge in [-0.05, 0) is 18.2 Å². The lowest BCUT2D eigenvalue weighted by molar-refractivity contribution is 0.0170. The minimum absolute atomic E-state index is 0.0976. The number of aliphatic hydroxyl groups excluding tert-OH is 2. The molecule has 88 valence electrons. The molecule has 0 radical (unpaired) electrons. The molecule has 6 heteroatoms. The molecule has 0 aliphatic rings. The van der Waals surface area contributed by atoms with Gasteiger partial charge in [-0.25, -0.2) is 9.78 Å². The first-order chi connectivity index (χ1) is 7.56. The predicted octanol–water partition coefficient (Wildman–Crippen LogP) is 0.494. The van der Waals surface area contributed by atoms with Gasteiger partial charge in [0.25, 0.3) is 0 Å². The Labute approximate surface area is 98.2 Å². The third kappa shape index (κ3) is 3.19. The summed E-state index contributed by atoms with van der Waals surface area (Å²) in [4.78, 5) is 14.2. The van der Waals surface area contributed by atoms with E-state index in [1.807, 2.05) is 0 Å². The second-order valence-corrected chi connectivity index (χ2v) is 3.75. The highest BCUT2D eigenvalue weighted by Crippen LogP contribution is 2.18. The zero-order valence-corrected chi connectivity index (χ0v) is 9.34. The summed E-state index contributed by atoms with van der Waals surface area (Å²) < 4.78 is 0. The van der Waals surface area contributed by atoms with Gasteiger partial charge >= 0.3 is 5.97 Å². The molecule has 0 fully saturated rings. The maximum Gasteiger partial charge on any atom is 0.354 e. The Balaban J connectivity index is 2.77. The number of aliphatic hydroxyl groups is 2. The average molecular weight is 243 g/mol. The van der Waals surface area contributed by atoms with Gasteiger partial charge < -0.3 is 15.3 Å². The maximum absolute atomic E-state index is 10.5. The van der Waals surface area contributed by atoms with Crippen LogP contribution in [0.2, 0.25) is 0 Å². The van der Waals surface area contributed by atoms with E-state index < -0.39 is 18.2 Å². The third-order valence-electron chi connectivity index (χ3n) is 2.14. The Bertz CT molecular complexity index is 354. The van der Waals surface area contributed by atoms with Crippen molar-refractivity contribution in [2.45, 2.75) is 18.6 Å². The molecule has 1 aromatic rings. The molecule has 0 bridgehead atoms. The molecule has 1 heterocycles. The Morgan fingerprint density at radius 1 is 1.44 bits per heavy atom. The zero-order valence-electron chi connectivity index (χ0n) is 8.45. The van der Waals surface area contributed by atoms with E-state index in [-0.39, 0.29) is 5.69 Å². The van der Waals surface area contributed by atoms with Crippen molar-refractivity contribution in [3.8, 4) is 0 Å². The van der Waals surface area contributed by atoms with Crippen molar-refractivity contribution in [1.29, 1.82) is 0 Å². The van der Waals surface area contributed by atoms with Crippen LogP contribution >= 0.6 is 12.6 Å². The first kappa shape index (κ1) is 13.0. The monoisotopic (exact) mass is 243 g/mol. The van der Waals surface area contributed by atoms with Crippen LogP contribution in [0.25, 0.3) is 0 Å². The van der Waals surface area contributed by atoms with Crippen LogP contribution in [0, 0.1) is 0 Å². The van der Waals surface area contributed by atoms with Gasteiger partial charge in [0, 0.05) is 11.8 Å². The first-order valence-electron chi connectivity index (χ1n) is 4.72. The molecular formula is C10H13NO4S. The van der Waals surface area contributed by atoms with E-state index in [0.29, 0.717) is 17.7 Å². The van der Waals surface area contributed by atoms with Crippen LogP contribution in [0.5, 0.6) is 0 Å². The van der Waals surface area contributed by atoms with Crippen molar-refractivity contribution in [3.63, 3.8) is 0 Å². The summed E-state index contributed by atoms with van der Waals surface area (Å²) in [5, 5.41) is 27.8. The highest BCUT2D eigenvalue weighted by molar-refractivity contribution is 7.80. The Morgan fingerprint density at radius 2 is 2.12 bits per heavy atom. The van der Waals surface area contributed by atoms with E-state index in [4.69, 9.17) is 5.11 Å². The van der Waals surface area contributed by atoms with Crippen LogP contribution in [-0.4, -0.2) is 38.1 Å². The summed E-state index contributed by atoms with van der Waals surface area (Å²) in [6.07, 6.45) is -0.390. The van der Waals surface area contributed by atoms with Crippen LogP contribution < -0.4 is 0 Å². The van der Waals surface area contributed by atoms with E-state index >= 15 is 0 Å². The summed E-state index contributed by atoms with van der Waals surface area (Å²) in [7, 11) is 0. The van der Waals surface area contributed by atoms with E-state index in [2.05, 4.69) is 17.6 Å². The second kappa shape index (κ2) is 5.83. The topological polar surface area (TPSA) is 90.7 Å². The minimum atomic E-state index is -1.13. The molecule has 3 N–H and O–H groups in total. The number of nitrogens with zero attached hydrogens (tertiary/aromatic N) is 1. The number of aromatic carboxylic acids is 1. The Kier molecular flexibility index (Phi) is 4.72. The van der Waals surface area contributed by atoms with Crippen LogP contribution in [0.4, 0.5) is 0 Å². The van der Waals surface area contributed by atoms with Crippen LogP contribution in [0.1, 0.15) is 28.6 Å². The summed E-state index contributed by atoms with van der Waals surface area (Å²) in [5.74, 6) is -0.671. The number of thiol groups is 1. The molecule has 16 heavy (non-hydrogen) atoms. The molecule has 0 aromatic carbocycles. The van der Waals surface area contributed by atoms with Crippen LogP contribution in [0.15, 0.2) is 18.3 Å². The summed E-state index contributed by atoms with van der Waals surface area (Å²) in [6, 6.07) is 2.72. The number of carbonyl (C=O) groups is 1. The maximum atomic E-state index is 10.5. The largest absolute Gasteiger partial charge is 0.477 e. The number of hydrogen-bond acceptors (Lipinski definition) is 5. The van der Waals surface area contributed by atoms with E-state index in [9.17, 15) is 15.0 Å². The van der Waals surface area contributed by atoms with Crippen molar-refractivity contribution in [3.05, 3.63) is 29.6 Å². The van der Waals surface area contributed by atoms with Gasteiger partial charge in [-0.3, -0.25) is 0 Å². The van der Waals surface area contributed by atoms with Gasteiger partial charge in [0.15, 0.2) is 0 Å². The molecular weight excluding hydrogens is 230 g/mol. The normalized spacial score (nSPS) is 14.4. The second-order valence-electron chi connectivity index (χ2n) is 3.31. The van der Waals surface area contributed by atoms with Crippen LogP contribution in [-0.2, 0) is 0 Å². The SMILES string of the molecule is O=C(O)c1ccc(C(O)C(O)CCS)cn1. The molecule has 0 aliphatic carbocycles. The van der Waals surface area contributed by atoms with Gasteiger partial charge in [-0.1, -0.05) is 6.07 Å². The van der Waals surface area contributed by atoms with Crippen molar-refractivity contribution in [2.24, 2.45) is 0 Å². The van der Waals surface area contributed by atoms with Gasteiger partial charge in [0.05, 0.1) is 6.10 Å². The van der Waals surface area contributed by atoms with E-state index in [1.54, 1.807) is 0 Å². The highest BCUT2D eigenvalue weighted by atomic mass is 32.1. The fourth-order valence-corrected chi connectivity index (χ4v) is 1.48. The van der Waals surface area contributed by atoms with E-state index in [1.165, 1.54) is 18.3 Å². The molecule has 1 rings (SSSR count). The number of carboxylic acids is 1. The number of rotatable bonds is 5. The molecule has 0 saturated heterocycles. The summed E-state index contributed by atoms with van der Waals surface area (Å²) in [6.45, 7) is 0. The van der Waals surface area contributed by atoms with Crippen molar-refractivity contribution in [2.75, 3.05) is 5.75 Å². The van der Waals surface area contributed by atoms with Gasteiger partial charge in [-0.2, -0.15) is 12.6 Å². The molecule has 0 spiro atoms. The lowest BCUT2D eigenvalue weighted by Gasteiger charge is -2.16. The molecule has 2 unspecified atom stereocenters. The highest BCUT2D eigenvalue weighted by Gasteiger charge is 2.18. The molecule has 1 aromatic heterocycles. The fraction of sp³-hybridized carbons (Fsp3) is 0.400. The Morgan fingerprint density at radius 3 is 2.56 bits per heavy atom. The van der Waals surface area contributed by atoms with Crippen LogP contribution in [0.3, 0.4) is 0 Å². The van der Waals surface area contributed by atoms with E-state index in [0.717, 1.165) is 0 Å². The molecule has 0 amide bonds.